The van der Waals surface area contributed by atoms with Gasteiger partial charge in [-0.25, -0.2) is 0 Å². The maximum atomic E-state index is 12.6. The second-order valence-electron chi connectivity index (χ2n) is 8.37. The average molecular weight is 371 g/mol. The topological polar surface area (TPSA) is 73.7 Å². The van der Waals surface area contributed by atoms with Crippen molar-refractivity contribution in [1.29, 1.82) is 0 Å². The second kappa shape index (κ2) is 7.97. The number of amides is 1. The molecule has 1 aromatic rings. The third-order valence-electron chi connectivity index (χ3n) is 6.33. The molecule has 1 amide bonds. The lowest BCUT2D eigenvalue weighted by molar-refractivity contribution is -0.148. The van der Waals surface area contributed by atoms with Crippen LogP contribution < -0.4 is 0 Å². The summed E-state index contributed by atoms with van der Waals surface area (Å²) in [6.07, 6.45) is 7.94. The fraction of sp³-hybridized carbons (Fsp3) is 0.667. The molecule has 0 atom stereocenters. The smallest absolute Gasteiger partial charge is 0.317 e. The molecule has 3 heterocycles. The molecule has 1 N–H and O–H groups in total. The lowest BCUT2D eigenvalue weighted by Gasteiger charge is -2.41. The first-order valence-electron chi connectivity index (χ1n) is 10.3. The van der Waals surface area contributed by atoms with Crippen LogP contribution in [-0.2, 0) is 28.9 Å². The summed E-state index contributed by atoms with van der Waals surface area (Å²) in [7, 11) is 0. The maximum absolute atomic E-state index is 12.6. The lowest BCUT2D eigenvalue weighted by atomic mass is 9.89. The van der Waals surface area contributed by atoms with Gasteiger partial charge in [0.05, 0.1) is 12.5 Å². The zero-order chi connectivity index (χ0) is 18.8. The predicted molar refractivity (Wildman–Crippen MR) is 101 cm³/mol. The fourth-order valence-corrected chi connectivity index (χ4v) is 4.70. The Balaban J connectivity index is 1.23. The molecule has 6 nitrogen and oxygen atoms in total. The highest BCUT2D eigenvalue weighted by Crippen LogP contribution is 2.26. The van der Waals surface area contributed by atoms with Crippen LogP contribution in [0.1, 0.15) is 42.6 Å². The molecule has 1 aromatic heterocycles. The van der Waals surface area contributed by atoms with Gasteiger partial charge >= 0.3 is 5.97 Å². The number of fused-ring (bicyclic) bond motifs is 1. The molecule has 0 radical (unpaired) electrons. The Kier molecular flexibility index (Phi) is 5.43. The number of hydrogen-bond donors (Lipinski definition) is 1. The summed E-state index contributed by atoms with van der Waals surface area (Å²) >= 11 is 0. The highest BCUT2D eigenvalue weighted by Gasteiger charge is 2.37. The molecule has 146 valence electrons. The first kappa shape index (κ1) is 18.4. The summed E-state index contributed by atoms with van der Waals surface area (Å²) in [5.41, 5.74) is 3.95. The van der Waals surface area contributed by atoms with E-state index in [0.717, 1.165) is 38.8 Å². The molecular formula is C21H29N3O3. The summed E-state index contributed by atoms with van der Waals surface area (Å²) in [6.45, 7) is 2.86. The van der Waals surface area contributed by atoms with E-state index in [0.29, 0.717) is 19.0 Å². The molecule has 3 aliphatic rings. The normalized spacial score (nSPS) is 21.6. The number of rotatable bonds is 5. The maximum Gasteiger partial charge on any atom is 0.317 e. The van der Waals surface area contributed by atoms with Crippen LogP contribution in [-0.4, -0.2) is 64.5 Å². The number of carboxylic acid groups (broad SMARTS) is 1. The molecule has 4 rings (SSSR count). The van der Waals surface area contributed by atoms with Crippen molar-refractivity contribution in [2.45, 2.75) is 44.9 Å². The molecule has 1 aliphatic carbocycles. The number of aromatic nitrogens is 1. The molecule has 0 unspecified atom stereocenters. The van der Waals surface area contributed by atoms with Crippen molar-refractivity contribution >= 4 is 11.9 Å². The van der Waals surface area contributed by atoms with Crippen molar-refractivity contribution in [1.82, 2.24) is 14.8 Å². The van der Waals surface area contributed by atoms with Gasteiger partial charge in [0.2, 0.25) is 5.91 Å². The second-order valence-corrected chi connectivity index (χ2v) is 8.37. The van der Waals surface area contributed by atoms with E-state index < -0.39 is 5.97 Å². The highest BCUT2D eigenvalue weighted by atomic mass is 16.4. The van der Waals surface area contributed by atoms with Crippen LogP contribution in [0.15, 0.2) is 12.1 Å². The van der Waals surface area contributed by atoms with Gasteiger partial charge in [0.15, 0.2) is 0 Å². The fourth-order valence-electron chi connectivity index (χ4n) is 4.70. The molecule has 0 saturated carbocycles. The quantitative estimate of drug-likeness (QED) is 0.854. The molecule has 0 bridgehead atoms. The first-order chi connectivity index (χ1) is 13.1. The van der Waals surface area contributed by atoms with Gasteiger partial charge in [0.1, 0.15) is 0 Å². The number of carbonyl (C=O) groups is 2. The Morgan fingerprint density at radius 2 is 1.85 bits per heavy atom. The molecular weight excluding hydrogens is 342 g/mol. The summed E-state index contributed by atoms with van der Waals surface area (Å²) in [5.74, 6) is -0.0178. The van der Waals surface area contributed by atoms with E-state index in [-0.39, 0.29) is 18.4 Å². The lowest BCUT2D eigenvalue weighted by Crippen LogP contribution is -2.56. The number of carboxylic acids is 1. The van der Waals surface area contributed by atoms with E-state index in [2.05, 4.69) is 12.1 Å². The van der Waals surface area contributed by atoms with Gasteiger partial charge < -0.3 is 10.0 Å². The van der Waals surface area contributed by atoms with Crippen LogP contribution >= 0.6 is 0 Å². The first-order valence-corrected chi connectivity index (χ1v) is 10.3. The van der Waals surface area contributed by atoms with Crippen molar-refractivity contribution < 1.29 is 14.7 Å². The largest absolute Gasteiger partial charge is 0.480 e. The van der Waals surface area contributed by atoms with Crippen LogP contribution in [0.5, 0.6) is 0 Å². The highest BCUT2D eigenvalue weighted by molar-refractivity contribution is 5.80. The van der Waals surface area contributed by atoms with E-state index in [4.69, 9.17) is 10.1 Å². The monoisotopic (exact) mass is 371 g/mol. The van der Waals surface area contributed by atoms with Crippen LogP contribution in [0.2, 0.25) is 0 Å². The van der Waals surface area contributed by atoms with Crippen LogP contribution in [0, 0.1) is 11.8 Å². The molecule has 2 saturated heterocycles. The minimum Gasteiger partial charge on any atom is -0.480 e. The third kappa shape index (κ3) is 4.32. The number of aryl methyl sites for hydroxylation is 2. The zero-order valence-electron chi connectivity index (χ0n) is 15.9. The molecule has 27 heavy (non-hydrogen) atoms. The summed E-state index contributed by atoms with van der Waals surface area (Å²) in [5, 5.41) is 8.80. The Labute approximate surface area is 160 Å². The van der Waals surface area contributed by atoms with E-state index in [9.17, 15) is 9.59 Å². The van der Waals surface area contributed by atoms with Crippen molar-refractivity contribution in [2.75, 3.05) is 32.7 Å². The SMILES string of the molecule is O=C(O)CN1CC(C(=O)N2CCC(Cc3ccc4c(n3)CCCC4)CC2)C1. The Bertz CT molecular complexity index is 707. The van der Waals surface area contributed by atoms with Crippen LogP contribution in [0.4, 0.5) is 0 Å². The van der Waals surface area contributed by atoms with Gasteiger partial charge in [-0.05, 0) is 62.5 Å². The summed E-state index contributed by atoms with van der Waals surface area (Å²) in [4.78, 5) is 32.0. The van der Waals surface area contributed by atoms with Crippen LogP contribution in [0.3, 0.4) is 0 Å². The van der Waals surface area contributed by atoms with E-state index in [1.165, 1.54) is 36.2 Å². The predicted octanol–water partition coefficient (Wildman–Crippen LogP) is 1.76. The van der Waals surface area contributed by atoms with Gasteiger partial charge in [0.25, 0.3) is 0 Å². The number of hydrogen-bond acceptors (Lipinski definition) is 4. The number of carbonyl (C=O) groups excluding carboxylic acids is 1. The number of likely N-dealkylation sites (tertiary alicyclic amines) is 2. The van der Waals surface area contributed by atoms with E-state index in [1.54, 1.807) is 0 Å². The Morgan fingerprint density at radius 3 is 2.59 bits per heavy atom. The molecule has 0 aromatic carbocycles. The van der Waals surface area contributed by atoms with Crippen LogP contribution in [0.25, 0.3) is 0 Å². The van der Waals surface area contributed by atoms with Crippen molar-refractivity contribution in [3.63, 3.8) is 0 Å². The minimum atomic E-state index is -0.822. The number of pyridine rings is 1. The van der Waals surface area contributed by atoms with Gasteiger partial charge in [-0.2, -0.15) is 0 Å². The standard InChI is InChI=1S/C21H29N3O3/c25-20(26)14-23-12-17(13-23)21(27)24-9-7-15(8-10-24)11-18-6-5-16-3-1-2-4-19(16)22-18/h5-6,15,17H,1-4,7-14H2,(H,25,26). The number of aliphatic carboxylic acids is 1. The summed E-state index contributed by atoms with van der Waals surface area (Å²) in [6, 6.07) is 4.47. The minimum absolute atomic E-state index is 0.0109. The van der Waals surface area contributed by atoms with Crippen molar-refractivity contribution in [2.24, 2.45) is 11.8 Å². The Morgan fingerprint density at radius 1 is 1.11 bits per heavy atom. The number of nitrogens with zero attached hydrogens (tertiary/aromatic N) is 3. The van der Waals surface area contributed by atoms with Gasteiger partial charge in [-0.1, -0.05) is 6.07 Å². The molecule has 0 spiro atoms. The average Bonchev–Trinajstić information content (AvgIpc) is 2.64. The zero-order valence-corrected chi connectivity index (χ0v) is 15.9. The Hall–Kier alpha value is -1.95. The van der Waals surface area contributed by atoms with Crippen molar-refractivity contribution in [3.05, 3.63) is 29.1 Å². The van der Waals surface area contributed by atoms with Gasteiger partial charge in [0, 0.05) is 37.6 Å². The van der Waals surface area contributed by atoms with Gasteiger partial charge in [-0.3, -0.25) is 19.5 Å². The van der Waals surface area contributed by atoms with E-state index in [1.807, 2.05) is 9.80 Å². The third-order valence-corrected chi connectivity index (χ3v) is 6.33. The molecule has 2 fully saturated rings. The van der Waals surface area contributed by atoms with E-state index >= 15 is 0 Å². The molecule has 2 aliphatic heterocycles. The summed E-state index contributed by atoms with van der Waals surface area (Å²) < 4.78 is 0. The van der Waals surface area contributed by atoms with Gasteiger partial charge in [-0.15, -0.1) is 0 Å². The molecule has 6 heteroatoms. The van der Waals surface area contributed by atoms with Crippen molar-refractivity contribution in [3.8, 4) is 0 Å². The number of piperidine rings is 1.